The van der Waals surface area contributed by atoms with Crippen molar-refractivity contribution in [2.45, 2.75) is 38.6 Å². The number of hydrogen-bond donors (Lipinski definition) is 1. The molecule has 1 rings (SSSR count). The number of esters is 1. The molecule has 0 amide bonds. The van der Waals surface area contributed by atoms with Crippen LogP contribution in [0.25, 0.3) is 0 Å². The van der Waals surface area contributed by atoms with Crippen molar-refractivity contribution < 1.29 is 9.53 Å². The summed E-state index contributed by atoms with van der Waals surface area (Å²) in [5, 5.41) is 0. The molecule has 0 spiro atoms. The van der Waals surface area contributed by atoms with Crippen molar-refractivity contribution in [3.63, 3.8) is 0 Å². The van der Waals surface area contributed by atoms with Gasteiger partial charge in [0.2, 0.25) is 0 Å². The summed E-state index contributed by atoms with van der Waals surface area (Å²) in [6, 6.07) is 0.212. The van der Waals surface area contributed by atoms with Gasteiger partial charge in [0.05, 0.1) is 12.5 Å². The number of ether oxygens (including phenoxy) is 1. The lowest BCUT2D eigenvalue weighted by atomic mass is 10.1. The summed E-state index contributed by atoms with van der Waals surface area (Å²) in [7, 11) is 0. The predicted octanol–water partition coefficient (Wildman–Crippen LogP) is 1.07. The monoisotopic (exact) mass is 171 g/mol. The Labute approximate surface area is 73.3 Å². The van der Waals surface area contributed by atoms with Crippen LogP contribution in [0.5, 0.6) is 0 Å². The Morgan fingerprint density at radius 2 is 2.33 bits per heavy atom. The molecule has 1 aliphatic rings. The van der Waals surface area contributed by atoms with Crippen LogP contribution in [0.15, 0.2) is 0 Å². The minimum absolute atomic E-state index is 0.0511. The lowest BCUT2D eigenvalue weighted by Crippen LogP contribution is -2.19. The first kappa shape index (κ1) is 9.52. The van der Waals surface area contributed by atoms with E-state index >= 15 is 0 Å². The van der Waals surface area contributed by atoms with Crippen molar-refractivity contribution in [2.75, 3.05) is 6.61 Å². The quantitative estimate of drug-likeness (QED) is 0.646. The van der Waals surface area contributed by atoms with E-state index in [9.17, 15) is 4.79 Å². The highest BCUT2D eigenvalue weighted by Crippen LogP contribution is 2.25. The first-order valence-corrected chi connectivity index (χ1v) is 4.66. The largest absolute Gasteiger partial charge is 0.465 e. The van der Waals surface area contributed by atoms with Gasteiger partial charge >= 0.3 is 5.97 Å². The van der Waals surface area contributed by atoms with E-state index in [1.807, 2.05) is 6.92 Å². The van der Waals surface area contributed by atoms with Crippen LogP contribution in [-0.4, -0.2) is 18.6 Å². The molecule has 0 radical (unpaired) electrons. The van der Waals surface area contributed by atoms with Crippen LogP contribution in [-0.2, 0) is 9.53 Å². The Morgan fingerprint density at radius 1 is 1.58 bits per heavy atom. The molecular weight excluding hydrogens is 154 g/mol. The fourth-order valence-corrected chi connectivity index (χ4v) is 1.55. The topological polar surface area (TPSA) is 52.3 Å². The first-order valence-electron chi connectivity index (χ1n) is 4.66. The van der Waals surface area contributed by atoms with Gasteiger partial charge in [-0.25, -0.2) is 0 Å². The van der Waals surface area contributed by atoms with Gasteiger partial charge in [0.25, 0.3) is 0 Å². The number of hydrogen-bond acceptors (Lipinski definition) is 3. The van der Waals surface area contributed by atoms with Crippen molar-refractivity contribution in [2.24, 2.45) is 11.7 Å². The van der Waals surface area contributed by atoms with Gasteiger partial charge in [-0.1, -0.05) is 6.92 Å². The molecule has 0 heterocycles. The van der Waals surface area contributed by atoms with Crippen LogP contribution >= 0.6 is 0 Å². The van der Waals surface area contributed by atoms with E-state index in [0.717, 1.165) is 25.7 Å². The number of carbonyl (C=O) groups excluding carboxylic acids is 1. The normalized spacial score (nSPS) is 28.8. The Morgan fingerprint density at radius 3 is 2.83 bits per heavy atom. The van der Waals surface area contributed by atoms with Crippen LogP contribution in [0.1, 0.15) is 32.6 Å². The van der Waals surface area contributed by atoms with Crippen LogP contribution in [0.4, 0.5) is 0 Å². The Kier molecular flexibility index (Phi) is 3.53. The Balaban J connectivity index is 2.23. The second-order valence-corrected chi connectivity index (χ2v) is 3.44. The van der Waals surface area contributed by atoms with Gasteiger partial charge in [0, 0.05) is 6.04 Å². The molecule has 1 saturated carbocycles. The zero-order chi connectivity index (χ0) is 8.97. The average Bonchev–Trinajstić information content (AvgIpc) is 2.47. The second-order valence-electron chi connectivity index (χ2n) is 3.44. The molecular formula is C9H17NO2. The average molecular weight is 171 g/mol. The highest BCUT2D eigenvalue weighted by molar-refractivity contribution is 5.72. The Bertz CT molecular complexity index is 159. The van der Waals surface area contributed by atoms with Crippen LogP contribution in [0.2, 0.25) is 0 Å². The summed E-state index contributed by atoms with van der Waals surface area (Å²) in [6.45, 7) is 2.54. The van der Waals surface area contributed by atoms with Gasteiger partial charge in [0.15, 0.2) is 0 Å². The van der Waals surface area contributed by atoms with Crippen LogP contribution in [0, 0.1) is 5.92 Å². The van der Waals surface area contributed by atoms with Crippen molar-refractivity contribution in [1.29, 1.82) is 0 Å². The van der Waals surface area contributed by atoms with Gasteiger partial charge in [0.1, 0.15) is 0 Å². The van der Waals surface area contributed by atoms with Gasteiger partial charge < -0.3 is 10.5 Å². The SMILES string of the molecule is CCCOC(=O)C1CCC(N)C1. The minimum atomic E-state index is -0.0511. The molecule has 12 heavy (non-hydrogen) atoms. The molecule has 2 unspecified atom stereocenters. The molecule has 0 aliphatic heterocycles. The van der Waals surface area contributed by atoms with Crippen LogP contribution < -0.4 is 5.73 Å². The molecule has 1 aliphatic carbocycles. The molecule has 2 N–H and O–H groups in total. The third kappa shape index (κ3) is 2.48. The minimum Gasteiger partial charge on any atom is -0.465 e. The smallest absolute Gasteiger partial charge is 0.308 e. The third-order valence-corrected chi connectivity index (χ3v) is 2.25. The molecule has 70 valence electrons. The van der Waals surface area contributed by atoms with Crippen LogP contribution in [0.3, 0.4) is 0 Å². The van der Waals surface area contributed by atoms with Gasteiger partial charge in [-0.3, -0.25) is 4.79 Å². The Hall–Kier alpha value is -0.570. The number of rotatable bonds is 3. The van der Waals surface area contributed by atoms with E-state index in [1.165, 1.54) is 0 Å². The number of nitrogens with two attached hydrogens (primary N) is 1. The molecule has 0 saturated heterocycles. The van der Waals surface area contributed by atoms with Gasteiger partial charge in [-0.2, -0.15) is 0 Å². The summed E-state index contributed by atoms with van der Waals surface area (Å²) in [6.07, 6.45) is 3.57. The molecule has 1 fully saturated rings. The summed E-state index contributed by atoms with van der Waals surface area (Å²) >= 11 is 0. The summed E-state index contributed by atoms with van der Waals surface area (Å²) in [5.41, 5.74) is 5.68. The third-order valence-electron chi connectivity index (χ3n) is 2.25. The van der Waals surface area contributed by atoms with Gasteiger partial charge in [-0.15, -0.1) is 0 Å². The van der Waals surface area contributed by atoms with Crippen molar-refractivity contribution >= 4 is 5.97 Å². The molecule has 3 heteroatoms. The van der Waals surface area contributed by atoms with E-state index in [-0.39, 0.29) is 17.9 Å². The summed E-state index contributed by atoms with van der Waals surface area (Å²) in [5.74, 6) is 0.0244. The zero-order valence-electron chi connectivity index (χ0n) is 7.58. The number of carbonyl (C=O) groups is 1. The van der Waals surface area contributed by atoms with E-state index in [2.05, 4.69) is 0 Å². The fraction of sp³-hybridized carbons (Fsp3) is 0.889. The molecule has 0 aromatic heterocycles. The maximum atomic E-state index is 11.3. The lowest BCUT2D eigenvalue weighted by Gasteiger charge is -2.08. The van der Waals surface area contributed by atoms with E-state index in [4.69, 9.17) is 10.5 Å². The molecule has 3 nitrogen and oxygen atoms in total. The van der Waals surface area contributed by atoms with Crippen molar-refractivity contribution in [1.82, 2.24) is 0 Å². The maximum Gasteiger partial charge on any atom is 0.308 e. The highest BCUT2D eigenvalue weighted by Gasteiger charge is 2.28. The first-order chi connectivity index (χ1) is 5.74. The molecule has 2 atom stereocenters. The second kappa shape index (κ2) is 4.45. The summed E-state index contributed by atoms with van der Waals surface area (Å²) in [4.78, 5) is 11.3. The van der Waals surface area contributed by atoms with Crippen molar-refractivity contribution in [3.05, 3.63) is 0 Å². The van der Waals surface area contributed by atoms with E-state index in [0.29, 0.717) is 6.61 Å². The molecule has 0 aromatic rings. The standard InChI is InChI=1S/C9H17NO2/c1-2-5-12-9(11)7-3-4-8(10)6-7/h7-8H,2-6,10H2,1H3. The van der Waals surface area contributed by atoms with E-state index in [1.54, 1.807) is 0 Å². The summed E-state index contributed by atoms with van der Waals surface area (Å²) < 4.78 is 5.03. The molecule has 0 aromatic carbocycles. The van der Waals surface area contributed by atoms with Gasteiger partial charge in [-0.05, 0) is 25.7 Å². The van der Waals surface area contributed by atoms with E-state index < -0.39 is 0 Å². The van der Waals surface area contributed by atoms with Crippen molar-refractivity contribution in [3.8, 4) is 0 Å². The molecule has 0 bridgehead atoms. The predicted molar refractivity (Wildman–Crippen MR) is 46.6 cm³/mol. The zero-order valence-corrected chi connectivity index (χ0v) is 7.58. The maximum absolute atomic E-state index is 11.3. The highest BCUT2D eigenvalue weighted by atomic mass is 16.5. The fourth-order valence-electron chi connectivity index (χ4n) is 1.55. The lowest BCUT2D eigenvalue weighted by molar-refractivity contribution is -0.148.